The third-order valence-electron chi connectivity index (χ3n) is 2.30. The molecule has 0 aliphatic rings. The Morgan fingerprint density at radius 2 is 2.32 bits per heavy atom. The van der Waals surface area contributed by atoms with Crippen LogP contribution < -0.4 is 10.6 Å². The van der Waals surface area contributed by atoms with E-state index in [1.54, 1.807) is 12.1 Å². The third-order valence-corrected chi connectivity index (χ3v) is 3.20. The Hall–Kier alpha value is -1.16. The largest absolute Gasteiger partial charge is 0.382 e. The molecule has 0 fully saturated rings. The highest BCUT2D eigenvalue weighted by Gasteiger charge is 2.03. The molecule has 0 saturated carbocycles. The molecule has 1 aromatic rings. The molecule has 0 saturated heterocycles. The van der Waals surface area contributed by atoms with E-state index in [-0.39, 0.29) is 0 Å². The molecule has 6 heteroatoms. The van der Waals surface area contributed by atoms with E-state index in [2.05, 4.69) is 32.6 Å². The minimum atomic E-state index is 0.557. The zero-order valence-electron chi connectivity index (χ0n) is 10.7. The van der Waals surface area contributed by atoms with Crippen LogP contribution in [0.25, 0.3) is 0 Å². The number of nitrogens with one attached hydrogen (secondary N) is 2. The first-order valence-corrected chi connectivity index (χ1v) is 7.19. The van der Waals surface area contributed by atoms with Gasteiger partial charge in [-0.1, -0.05) is 0 Å². The average molecular weight is 342 g/mol. The summed E-state index contributed by atoms with van der Waals surface area (Å²) in [7, 11) is 0. The summed E-state index contributed by atoms with van der Waals surface area (Å²) in [6, 6.07) is 7.39. The van der Waals surface area contributed by atoms with Gasteiger partial charge in [0.25, 0.3) is 0 Å². The number of ether oxygens (including phenoxy) is 1. The van der Waals surface area contributed by atoms with Crippen LogP contribution in [0.1, 0.15) is 18.9 Å². The number of rotatable bonds is 6. The van der Waals surface area contributed by atoms with Gasteiger partial charge in [-0.3, -0.25) is 0 Å². The van der Waals surface area contributed by atoms with Crippen LogP contribution in [0.4, 0.5) is 5.69 Å². The van der Waals surface area contributed by atoms with E-state index in [4.69, 9.17) is 22.2 Å². The number of benzene rings is 1. The molecule has 4 nitrogen and oxygen atoms in total. The summed E-state index contributed by atoms with van der Waals surface area (Å²) in [4.78, 5) is 0. The number of halogens is 1. The number of nitrogens with zero attached hydrogens (tertiary/aromatic N) is 1. The third kappa shape index (κ3) is 6.01. The maximum Gasteiger partial charge on any atom is 0.170 e. The van der Waals surface area contributed by atoms with Gasteiger partial charge >= 0.3 is 0 Å². The highest BCUT2D eigenvalue weighted by Crippen LogP contribution is 2.23. The van der Waals surface area contributed by atoms with Gasteiger partial charge in [0.15, 0.2) is 5.11 Å². The van der Waals surface area contributed by atoms with Gasteiger partial charge in [0.05, 0.1) is 17.3 Å². The van der Waals surface area contributed by atoms with Crippen LogP contribution >= 0.6 is 28.1 Å². The van der Waals surface area contributed by atoms with Crippen molar-refractivity contribution < 1.29 is 4.74 Å². The van der Waals surface area contributed by atoms with Crippen LogP contribution in [-0.2, 0) is 4.74 Å². The predicted octanol–water partition coefficient (Wildman–Crippen LogP) is 3.03. The van der Waals surface area contributed by atoms with E-state index in [0.717, 1.165) is 36.3 Å². The number of nitriles is 1. The standard InChI is InChI=1S/C13H16BrN3OS/c1-2-18-7-3-6-16-13(19)17-12-5-4-10(9-15)8-11(12)14/h4-5,8H,2-3,6-7H2,1H3,(H2,16,17,19). The van der Waals surface area contributed by atoms with Crippen molar-refractivity contribution in [2.45, 2.75) is 13.3 Å². The van der Waals surface area contributed by atoms with Crippen molar-refractivity contribution in [1.29, 1.82) is 5.26 Å². The average Bonchev–Trinajstić information content (AvgIpc) is 2.41. The Bertz CT molecular complexity index is 473. The SMILES string of the molecule is CCOCCCNC(=S)Nc1ccc(C#N)cc1Br. The molecule has 0 aromatic heterocycles. The van der Waals surface area contributed by atoms with Gasteiger partial charge in [0, 0.05) is 24.2 Å². The fourth-order valence-electron chi connectivity index (χ4n) is 1.37. The Balaban J connectivity index is 2.38. The molecule has 0 aliphatic carbocycles. The number of thiocarbonyl (C=S) groups is 1. The van der Waals surface area contributed by atoms with Crippen LogP contribution in [0.5, 0.6) is 0 Å². The normalized spacial score (nSPS) is 9.74. The molecular formula is C13H16BrN3OS. The first kappa shape index (κ1) is 15.9. The number of hydrogen-bond donors (Lipinski definition) is 2. The molecule has 1 aromatic carbocycles. The molecule has 0 unspecified atom stereocenters. The van der Waals surface area contributed by atoms with Gasteiger partial charge in [0.2, 0.25) is 0 Å². The second-order valence-electron chi connectivity index (χ2n) is 3.74. The molecule has 0 atom stereocenters. The lowest BCUT2D eigenvalue weighted by Gasteiger charge is -2.12. The van der Waals surface area contributed by atoms with Crippen LogP contribution in [0.3, 0.4) is 0 Å². The molecule has 0 heterocycles. The Morgan fingerprint density at radius 3 is 2.95 bits per heavy atom. The van der Waals surface area contributed by atoms with Crippen molar-refractivity contribution in [3.05, 3.63) is 28.2 Å². The van der Waals surface area contributed by atoms with E-state index < -0.39 is 0 Å². The predicted molar refractivity (Wildman–Crippen MR) is 84.2 cm³/mol. The fourth-order valence-corrected chi connectivity index (χ4v) is 2.06. The summed E-state index contributed by atoms with van der Waals surface area (Å²) in [5, 5.41) is 15.5. The van der Waals surface area contributed by atoms with Gasteiger partial charge < -0.3 is 15.4 Å². The van der Waals surface area contributed by atoms with Gasteiger partial charge in [-0.15, -0.1) is 0 Å². The molecule has 0 bridgehead atoms. The highest BCUT2D eigenvalue weighted by atomic mass is 79.9. The quantitative estimate of drug-likeness (QED) is 0.615. The first-order chi connectivity index (χ1) is 9.17. The molecule has 0 radical (unpaired) electrons. The molecule has 19 heavy (non-hydrogen) atoms. The highest BCUT2D eigenvalue weighted by molar-refractivity contribution is 9.10. The van der Waals surface area contributed by atoms with Crippen LogP contribution in [0.15, 0.2) is 22.7 Å². The minimum absolute atomic E-state index is 0.557. The van der Waals surface area contributed by atoms with E-state index >= 15 is 0 Å². The molecule has 0 spiro atoms. The molecule has 1 rings (SSSR count). The minimum Gasteiger partial charge on any atom is -0.382 e. The zero-order chi connectivity index (χ0) is 14.1. The fraction of sp³-hybridized carbons (Fsp3) is 0.385. The zero-order valence-corrected chi connectivity index (χ0v) is 13.1. The summed E-state index contributed by atoms with van der Waals surface area (Å²) < 4.78 is 6.05. The Labute approximate surface area is 127 Å². The second kappa shape index (κ2) is 8.86. The van der Waals surface area contributed by atoms with Gasteiger partial charge in [-0.2, -0.15) is 5.26 Å². The van der Waals surface area contributed by atoms with Crippen LogP contribution in [0, 0.1) is 11.3 Å². The van der Waals surface area contributed by atoms with Crippen molar-refractivity contribution in [1.82, 2.24) is 5.32 Å². The topological polar surface area (TPSA) is 57.1 Å². The second-order valence-corrected chi connectivity index (χ2v) is 5.00. The van der Waals surface area contributed by atoms with E-state index in [9.17, 15) is 0 Å². The smallest absolute Gasteiger partial charge is 0.170 e. The van der Waals surface area contributed by atoms with Gasteiger partial charge in [0.1, 0.15) is 0 Å². The molecule has 102 valence electrons. The number of anilines is 1. The van der Waals surface area contributed by atoms with Crippen molar-refractivity contribution in [3.63, 3.8) is 0 Å². The van der Waals surface area contributed by atoms with Gasteiger partial charge in [-0.25, -0.2) is 0 Å². The monoisotopic (exact) mass is 341 g/mol. The van der Waals surface area contributed by atoms with Crippen molar-refractivity contribution in [2.75, 3.05) is 25.1 Å². The maximum absolute atomic E-state index is 8.78. The maximum atomic E-state index is 8.78. The van der Waals surface area contributed by atoms with Crippen molar-refractivity contribution >= 4 is 38.9 Å². The summed E-state index contributed by atoms with van der Waals surface area (Å²) in [5.41, 5.74) is 1.44. The van der Waals surface area contributed by atoms with Crippen LogP contribution in [-0.4, -0.2) is 24.9 Å². The first-order valence-electron chi connectivity index (χ1n) is 5.99. The molecule has 0 aliphatic heterocycles. The van der Waals surface area contributed by atoms with Gasteiger partial charge in [-0.05, 0) is 59.7 Å². The lowest BCUT2D eigenvalue weighted by molar-refractivity contribution is 0.146. The Kier molecular flexibility index (Phi) is 7.41. The lowest BCUT2D eigenvalue weighted by atomic mass is 10.2. The summed E-state index contributed by atoms with van der Waals surface area (Å²) >= 11 is 8.58. The molecule has 2 N–H and O–H groups in total. The van der Waals surface area contributed by atoms with Crippen LogP contribution in [0.2, 0.25) is 0 Å². The van der Waals surface area contributed by atoms with Crippen molar-refractivity contribution in [3.8, 4) is 6.07 Å². The summed E-state index contributed by atoms with van der Waals surface area (Å²) in [5.74, 6) is 0. The van der Waals surface area contributed by atoms with Crippen molar-refractivity contribution in [2.24, 2.45) is 0 Å². The summed E-state index contributed by atoms with van der Waals surface area (Å²) in [6.07, 6.45) is 0.907. The summed E-state index contributed by atoms with van der Waals surface area (Å²) in [6.45, 7) is 4.20. The lowest BCUT2D eigenvalue weighted by Crippen LogP contribution is -2.29. The van der Waals surface area contributed by atoms with E-state index in [1.807, 2.05) is 13.0 Å². The molecular weight excluding hydrogens is 326 g/mol. The Morgan fingerprint density at radius 1 is 1.53 bits per heavy atom. The number of hydrogen-bond acceptors (Lipinski definition) is 3. The van der Waals surface area contributed by atoms with E-state index in [0.29, 0.717) is 10.7 Å². The molecule has 0 amide bonds. The van der Waals surface area contributed by atoms with E-state index in [1.165, 1.54) is 0 Å².